The van der Waals surface area contributed by atoms with Crippen molar-refractivity contribution in [2.24, 2.45) is 0 Å². The van der Waals surface area contributed by atoms with Gasteiger partial charge in [-0.1, -0.05) is 22.0 Å². The van der Waals surface area contributed by atoms with E-state index in [1.807, 2.05) is 49.5 Å². The van der Waals surface area contributed by atoms with Gasteiger partial charge in [0.05, 0.1) is 5.69 Å². The Hall–Kier alpha value is -2.94. The minimum absolute atomic E-state index is 0.347. The van der Waals surface area contributed by atoms with E-state index < -0.39 is 0 Å². The van der Waals surface area contributed by atoms with Gasteiger partial charge in [0.25, 0.3) is 0 Å². The van der Waals surface area contributed by atoms with Crippen LogP contribution in [0, 0.1) is 5.82 Å². The molecule has 1 fully saturated rings. The number of hydrogen-bond donors (Lipinski definition) is 1. The van der Waals surface area contributed by atoms with Crippen LogP contribution in [-0.4, -0.2) is 55.2 Å². The van der Waals surface area contributed by atoms with Crippen LogP contribution in [-0.2, 0) is 0 Å². The van der Waals surface area contributed by atoms with Crippen LogP contribution in [0.25, 0.3) is 0 Å². The van der Waals surface area contributed by atoms with Gasteiger partial charge in [-0.2, -0.15) is 9.97 Å². The van der Waals surface area contributed by atoms with Gasteiger partial charge < -0.3 is 20.0 Å². The van der Waals surface area contributed by atoms with Gasteiger partial charge in [0.15, 0.2) is 0 Å². The van der Waals surface area contributed by atoms with E-state index >= 15 is 0 Å². The number of halogens is 2. The first-order chi connectivity index (χ1) is 14.5. The number of nitrogens with one attached hydrogen (secondary N) is 1. The molecule has 0 bridgehead atoms. The molecule has 0 spiro atoms. The van der Waals surface area contributed by atoms with Gasteiger partial charge in [0.1, 0.15) is 23.3 Å². The number of anilines is 5. The zero-order valence-corrected chi connectivity index (χ0v) is 18.5. The SMILES string of the molecule is CN(C)c1cc(Nc2ccc(Br)cc2F)nc(N2CCN(c3ccccn3)CC2)n1. The van der Waals surface area contributed by atoms with Gasteiger partial charge in [-0.3, -0.25) is 0 Å². The monoisotopic (exact) mass is 471 g/mol. The molecular weight excluding hydrogens is 449 g/mol. The zero-order chi connectivity index (χ0) is 21.1. The molecule has 1 saturated heterocycles. The summed E-state index contributed by atoms with van der Waals surface area (Å²) in [5, 5.41) is 3.09. The summed E-state index contributed by atoms with van der Waals surface area (Å²) in [5.41, 5.74) is 0.368. The van der Waals surface area contributed by atoms with Crippen LogP contribution in [0.2, 0.25) is 0 Å². The van der Waals surface area contributed by atoms with Gasteiger partial charge in [-0.25, -0.2) is 9.37 Å². The average Bonchev–Trinajstić information content (AvgIpc) is 2.76. The highest BCUT2D eigenvalue weighted by Crippen LogP contribution is 2.26. The Morgan fingerprint density at radius 2 is 1.77 bits per heavy atom. The van der Waals surface area contributed by atoms with Crippen LogP contribution in [0.4, 0.5) is 33.5 Å². The maximum Gasteiger partial charge on any atom is 0.229 e. The molecule has 0 amide bonds. The molecule has 1 aliphatic heterocycles. The molecule has 2 aromatic heterocycles. The standard InChI is InChI=1S/C21H23BrFN7/c1-28(2)20-14-18(25-17-7-6-15(22)13-16(17)23)26-21(27-20)30-11-9-29(10-12-30)19-5-3-4-8-24-19/h3-8,13-14H,9-12H2,1-2H3,(H,25,26,27). The first-order valence-corrected chi connectivity index (χ1v) is 10.5. The summed E-state index contributed by atoms with van der Waals surface area (Å²) < 4.78 is 15.0. The molecule has 1 N–H and O–H groups in total. The van der Waals surface area contributed by atoms with Gasteiger partial charge >= 0.3 is 0 Å². The maximum atomic E-state index is 14.3. The second-order valence-electron chi connectivity index (χ2n) is 7.22. The molecule has 0 radical (unpaired) electrons. The van der Waals surface area contributed by atoms with Crippen molar-refractivity contribution in [3.8, 4) is 0 Å². The van der Waals surface area contributed by atoms with Gasteiger partial charge in [0.2, 0.25) is 5.95 Å². The van der Waals surface area contributed by atoms with Crippen molar-refractivity contribution in [2.75, 3.05) is 60.3 Å². The van der Waals surface area contributed by atoms with E-state index in [4.69, 9.17) is 4.98 Å². The molecule has 0 atom stereocenters. The Morgan fingerprint density at radius 3 is 2.43 bits per heavy atom. The maximum absolute atomic E-state index is 14.3. The van der Waals surface area contributed by atoms with Crippen LogP contribution in [0.5, 0.6) is 0 Å². The Morgan fingerprint density at radius 1 is 1.00 bits per heavy atom. The third-order valence-corrected chi connectivity index (χ3v) is 5.38. The quantitative estimate of drug-likeness (QED) is 0.604. The number of aromatic nitrogens is 3. The lowest BCUT2D eigenvalue weighted by Gasteiger charge is -2.35. The Kier molecular flexibility index (Phi) is 5.98. The lowest BCUT2D eigenvalue weighted by Crippen LogP contribution is -2.47. The second-order valence-corrected chi connectivity index (χ2v) is 8.13. The largest absolute Gasteiger partial charge is 0.363 e. The summed E-state index contributed by atoms with van der Waals surface area (Å²) >= 11 is 3.28. The molecule has 1 aromatic carbocycles. The van der Waals surface area contributed by atoms with Crippen LogP contribution < -0.4 is 20.0 Å². The fourth-order valence-electron chi connectivity index (χ4n) is 3.26. The number of piperazine rings is 1. The number of nitrogens with zero attached hydrogens (tertiary/aromatic N) is 6. The van der Waals surface area contributed by atoms with E-state index in [1.165, 1.54) is 6.07 Å². The van der Waals surface area contributed by atoms with Gasteiger partial charge in [-0.15, -0.1) is 0 Å². The van der Waals surface area contributed by atoms with Gasteiger partial charge in [0, 0.05) is 57.0 Å². The normalized spacial score (nSPS) is 14.0. The van der Waals surface area contributed by atoms with Crippen LogP contribution in [0.3, 0.4) is 0 Å². The molecule has 156 valence electrons. The van der Waals surface area contributed by atoms with Crippen molar-refractivity contribution >= 4 is 45.0 Å². The smallest absolute Gasteiger partial charge is 0.229 e. The lowest BCUT2D eigenvalue weighted by atomic mass is 10.3. The molecule has 30 heavy (non-hydrogen) atoms. The predicted octanol–water partition coefficient (Wildman–Crippen LogP) is 3.91. The van der Waals surface area contributed by atoms with E-state index in [9.17, 15) is 4.39 Å². The molecule has 9 heteroatoms. The summed E-state index contributed by atoms with van der Waals surface area (Å²) in [6.45, 7) is 3.21. The fraction of sp³-hybridized carbons (Fsp3) is 0.286. The van der Waals surface area contributed by atoms with E-state index in [0.29, 0.717) is 21.9 Å². The third-order valence-electron chi connectivity index (χ3n) is 4.89. The highest BCUT2D eigenvalue weighted by Gasteiger charge is 2.21. The molecule has 3 heterocycles. The molecule has 0 saturated carbocycles. The Balaban J connectivity index is 1.54. The van der Waals surface area contributed by atoms with Crippen LogP contribution >= 0.6 is 15.9 Å². The minimum Gasteiger partial charge on any atom is -0.363 e. The molecule has 7 nitrogen and oxygen atoms in total. The molecule has 4 rings (SSSR count). The van der Waals surface area contributed by atoms with Crippen LogP contribution in [0.15, 0.2) is 53.1 Å². The summed E-state index contributed by atoms with van der Waals surface area (Å²) in [4.78, 5) is 20.1. The Labute approximate surface area is 183 Å². The van der Waals surface area contributed by atoms with Crippen molar-refractivity contribution in [2.45, 2.75) is 0 Å². The minimum atomic E-state index is -0.347. The predicted molar refractivity (Wildman–Crippen MR) is 122 cm³/mol. The lowest BCUT2D eigenvalue weighted by molar-refractivity contribution is 0.630. The van der Waals surface area contributed by atoms with Crippen molar-refractivity contribution in [3.05, 3.63) is 59.0 Å². The number of benzene rings is 1. The summed E-state index contributed by atoms with van der Waals surface area (Å²) in [6, 6.07) is 12.6. The molecular formula is C21H23BrFN7. The highest BCUT2D eigenvalue weighted by atomic mass is 79.9. The van der Waals surface area contributed by atoms with E-state index in [-0.39, 0.29) is 5.82 Å². The number of hydrogen-bond acceptors (Lipinski definition) is 7. The third kappa shape index (κ3) is 4.62. The van der Waals surface area contributed by atoms with Crippen molar-refractivity contribution in [1.29, 1.82) is 0 Å². The Bertz CT molecular complexity index is 1010. The van der Waals surface area contributed by atoms with E-state index in [0.717, 1.165) is 37.8 Å². The summed E-state index contributed by atoms with van der Waals surface area (Å²) in [7, 11) is 3.85. The number of pyridine rings is 1. The molecule has 1 aliphatic rings. The van der Waals surface area contributed by atoms with Crippen molar-refractivity contribution in [3.63, 3.8) is 0 Å². The van der Waals surface area contributed by atoms with Crippen molar-refractivity contribution in [1.82, 2.24) is 15.0 Å². The first-order valence-electron chi connectivity index (χ1n) is 9.69. The topological polar surface area (TPSA) is 60.4 Å². The average molecular weight is 472 g/mol. The number of rotatable bonds is 5. The molecule has 0 aliphatic carbocycles. The van der Waals surface area contributed by atoms with E-state index in [2.05, 4.69) is 41.0 Å². The van der Waals surface area contributed by atoms with Crippen molar-refractivity contribution < 1.29 is 4.39 Å². The summed E-state index contributed by atoms with van der Waals surface area (Å²) in [5.74, 6) is 2.57. The molecule has 3 aromatic rings. The first kappa shape index (κ1) is 20.3. The fourth-order valence-corrected chi connectivity index (χ4v) is 3.59. The highest BCUT2D eigenvalue weighted by molar-refractivity contribution is 9.10. The summed E-state index contributed by atoms with van der Waals surface area (Å²) in [6.07, 6.45) is 1.81. The zero-order valence-electron chi connectivity index (χ0n) is 16.9. The van der Waals surface area contributed by atoms with E-state index in [1.54, 1.807) is 12.1 Å². The second kappa shape index (κ2) is 8.83. The molecule has 0 unspecified atom stereocenters. The van der Waals surface area contributed by atoms with Crippen LogP contribution in [0.1, 0.15) is 0 Å². The van der Waals surface area contributed by atoms with Gasteiger partial charge in [-0.05, 0) is 30.3 Å².